The van der Waals surface area contributed by atoms with Crippen LogP contribution in [0.4, 0.5) is 0 Å². The first-order valence-electron chi connectivity index (χ1n) is 6.67. The maximum absolute atomic E-state index is 5.29. The van der Waals surface area contributed by atoms with Crippen molar-refractivity contribution in [3.05, 3.63) is 24.2 Å². The van der Waals surface area contributed by atoms with Crippen LogP contribution >= 0.6 is 0 Å². The van der Waals surface area contributed by atoms with Gasteiger partial charge in [-0.1, -0.05) is 13.8 Å². The number of furan rings is 1. The molecule has 2 unspecified atom stereocenters. The summed E-state index contributed by atoms with van der Waals surface area (Å²) in [7, 11) is 0. The highest BCUT2D eigenvalue weighted by atomic mass is 16.3. The Kier molecular flexibility index (Phi) is 6.30. The largest absolute Gasteiger partial charge is 0.468 e. The van der Waals surface area contributed by atoms with Crippen molar-refractivity contribution in [1.82, 2.24) is 10.2 Å². The second-order valence-electron chi connectivity index (χ2n) is 4.65. The Bertz CT molecular complexity index is 284. The lowest BCUT2D eigenvalue weighted by molar-refractivity contribution is 0.155. The lowest BCUT2D eigenvalue weighted by Crippen LogP contribution is -2.44. The van der Waals surface area contributed by atoms with Crippen molar-refractivity contribution in [2.75, 3.05) is 13.1 Å². The molecule has 0 aliphatic carbocycles. The molecule has 0 saturated carbocycles. The summed E-state index contributed by atoms with van der Waals surface area (Å²) in [4.78, 5) is 2.54. The molecule has 0 amide bonds. The molecule has 0 saturated heterocycles. The smallest absolute Gasteiger partial charge is 0.117 e. The van der Waals surface area contributed by atoms with E-state index in [9.17, 15) is 0 Å². The first kappa shape index (κ1) is 14.3. The molecule has 1 aromatic heterocycles. The molecule has 0 aromatic carbocycles. The van der Waals surface area contributed by atoms with Gasteiger partial charge in [0.15, 0.2) is 0 Å². The molecule has 0 aliphatic heterocycles. The summed E-state index contributed by atoms with van der Waals surface area (Å²) in [6.07, 6.45) is 2.92. The highest BCUT2D eigenvalue weighted by molar-refractivity contribution is 4.97. The van der Waals surface area contributed by atoms with E-state index in [-0.39, 0.29) is 0 Å². The molecule has 0 spiro atoms. The van der Waals surface area contributed by atoms with Crippen LogP contribution in [0.3, 0.4) is 0 Å². The Labute approximate surface area is 105 Å². The van der Waals surface area contributed by atoms with Crippen LogP contribution in [0.1, 0.15) is 39.9 Å². The molecular formula is C14H26N2O. The van der Waals surface area contributed by atoms with Gasteiger partial charge in [0.05, 0.1) is 12.8 Å². The van der Waals surface area contributed by atoms with Gasteiger partial charge < -0.3 is 9.73 Å². The van der Waals surface area contributed by atoms with Gasteiger partial charge in [0.1, 0.15) is 5.76 Å². The standard InChI is InChI=1S/C14H26N2O/c1-5-12(3)16(6-2)13(4)10-15-11-14-8-7-9-17-14/h7-9,12-13,15H,5-6,10-11H2,1-4H3. The van der Waals surface area contributed by atoms with E-state index in [1.54, 1.807) is 6.26 Å². The molecule has 3 nitrogen and oxygen atoms in total. The first-order valence-corrected chi connectivity index (χ1v) is 6.67. The van der Waals surface area contributed by atoms with E-state index in [0.29, 0.717) is 12.1 Å². The van der Waals surface area contributed by atoms with E-state index in [1.807, 2.05) is 12.1 Å². The Balaban J connectivity index is 2.29. The minimum atomic E-state index is 0.560. The first-order chi connectivity index (χ1) is 8.19. The van der Waals surface area contributed by atoms with Crippen molar-refractivity contribution in [2.24, 2.45) is 0 Å². The number of likely N-dealkylation sites (N-methyl/N-ethyl adjacent to an activating group) is 1. The van der Waals surface area contributed by atoms with Crippen molar-refractivity contribution in [1.29, 1.82) is 0 Å². The number of hydrogen-bond donors (Lipinski definition) is 1. The van der Waals surface area contributed by atoms with Crippen molar-refractivity contribution in [3.8, 4) is 0 Å². The normalized spacial score (nSPS) is 15.1. The van der Waals surface area contributed by atoms with Crippen LogP contribution in [0.5, 0.6) is 0 Å². The van der Waals surface area contributed by atoms with Crippen LogP contribution in [-0.4, -0.2) is 30.1 Å². The summed E-state index contributed by atoms with van der Waals surface area (Å²) < 4.78 is 5.29. The summed E-state index contributed by atoms with van der Waals surface area (Å²) >= 11 is 0. The third-order valence-corrected chi connectivity index (χ3v) is 3.41. The molecule has 1 heterocycles. The molecule has 0 fully saturated rings. The second-order valence-corrected chi connectivity index (χ2v) is 4.65. The fourth-order valence-electron chi connectivity index (χ4n) is 2.23. The van der Waals surface area contributed by atoms with Gasteiger partial charge in [-0.15, -0.1) is 0 Å². The van der Waals surface area contributed by atoms with E-state index < -0.39 is 0 Å². The van der Waals surface area contributed by atoms with Crippen LogP contribution in [0, 0.1) is 0 Å². The lowest BCUT2D eigenvalue weighted by atomic mass is 10.1. The van der Waals surface area contributed by atoms with E-state index in [2.05, 4.69) is 37.9 Å². The molecule has 1 N–H and O–H groups in total. The third kappa shape index (κ3) is 4.52. The monoisotopic (exact) mass is 238 g/mol. The fourth-order valence-corrected chi connectivity index (χ4v) is 2.23. The molecule has 1 rings (SSSR count). The highest BCUT2D eigenvalue weighted by Gasteiger charge is 2.16. The highest BCUT2D eigenvalue weighted by Crippen LogP contribution is 2.08. The van der Waals surface area contributed by atoms with E-state index in [1.165, 1.54) is 6.42 Å². The molecule has 3 heteroatoms. The van der Waals surface area contributed by atoms with Gasteiger partial charge in [-0.05, 0) is 38.9 Å². The second kappa shape index (κ2) is 7.51. The fraction of sp³-hybridized carbons (Fsp3) is 0.714. The zero-order chi connectivity index (χ0) is 12.7. The van der Waals surface area contributed by atoms with Gasteiger partial charge >= 0.3 is 0 Å². The van der Waals surface area contributed by atoms with Gasteiger partial charge in [0, 0.05) is 18.6 Å². The van der Waals surface area contributed by atoms with Crippen LogP contribution in [-0.2, 0) is 6.54 Å². The van der Waals surface area contributed by atoms with E-state index >= 15 is 0 Å². The van der Waals surface area contributed by atoms with Crippen LogP contribution < -0.4 is 5.32 Å². The quantitative estimate of drug-likeness (QED) is 0.755. The maximum Gasteiger partial charge on any atom is 0.117 e. The van der Waals surface area contributed by atoms with Gasteiger partial charge in [0.2, 0.25) is 0 Å². The molecule has 0 radical (unpaired) electrons. The number of hydrogen-bond acceptors (Lipinski definition) is 3. The van der Waals surface area contributed by atoms with Gasteiger partial charge in [0.25, 0.3) is 0 Å². The molecule has 2 atom stereocenters. The Morgan fingerprint density at radius 2 is 2.06 bits per heavy atom. The van der Waals surface area contributed by atoms with Gasteiger partial charge in [-0.2, -0.15) is 0 Å². The summed E-state index contributed by atoms with van der Waals surface area (Å²) in [5.74, 6) is 1.00. The number of nitrogens with one attached hydrogen (secondary N) is 1. The lowest BCUT2D eigenvalue weighted by Gasteiger charge is -2.33. The minimum Gasteiger partial charge on any atom is -0.468 e. The predicted molar refractivity (Wildman–Crippen MR) is 72.0 cm³/mol. The van der Waals surface area contributed by atoms with Crippen molar-refractivity contribution in [2.45, 2.75) is 52.7 Å². The maximum atomic E-state index is 5.29. The Morgan fingerprint density at radius 1 is 1.29 bits per heavy atom. The number of rotatable bonds is 8. The molecule has 1 aromatic rings. The van der Waals surface area contributed by atoms with Crippen LogP contribution in [0.25, 0.3) is 0 Å². The Morgan fingerprint density at radius 3 is 2.59 bits per heavy atom. The van der Waals surface area contributed by atoms with Crippen molar-refractivity contribution < 1.29 is 4.42 Å². The molecule has 0 bridgehead atoms. The number of nitrogens with zero attached hydrogens (tertiary/aromatic N) is 1. The van der Waals surface area contributed by atoms with Gasteiger partial charge in [-0.25, -0.2) is 0 Å². The van der Waals surface area contributed by atoms with Crippen LogP contribution in [0.2, 0.25) is 0 Å². The zero-order valence-electron chi connectivity index (χ0n) is 11.6. The van der Waals surface area contributed by atoms with E-state index in [0.717, 1.165) is 25.4 Å². The van der Waals surface area contributed by atoms with Crippen molar-refractivity contribution >= 4 is 0 Å². The average molecular weight is 238 g/mol. The summed E-state index contributed by atoms with van der Waals surface area (Å²) in [6.45, 7) is 12.0. The molecule has 98 valence electrons. The third-order valence-electron chi connectivity index (χ3n) is 3.41. The average Bonchev–Trinajstić information content (AvgIpc) is 2.82. The summed E-state index contributed by atoms with van der Waals surface area (Å²) in [6, 6.07) is 5.15. The molecule has 17 heavy (non-hydrogen) atoms. The zero-order valence-corrected chi connectivity index (χ0v) is 11.6. The van der Waals surface area contributed by atoms with Gasteiger partial charge in [-0.3, -0.25) is 4.90 Å². The summed E-state index contributed by atoms with van der Waals surface area (Å²) in [5.41, 5.74) is 0. The van der Waals surface area contributed by atoms with E-state index in [4.69, 9.17) is 4.42 Å². The SMILES string of the molecule is CCC(C)N(CC)C(C)CNCc1ccco1. The van der Waals surface area contributed by atoms with Crippen LogP contribution in [0.15, 0.2) is 22.8 Å². The minimum absolute atomic E-state index is 0.560. The predicted octanol–water partition coefficient (Wildman–Crippen LogP) is 2.88. The van der Waals surface area contributed by atoms with Crippen molar-refractivity contribution in [3.63, 3.8) is 0 Å². The Hall–Kier alpha value is -0.800. The molecular weight excluding hydrogens is 212 g/mol. The molecule has 0 aliphatic rings. The summed E-state index contributed by atoms with van der Waals surface area (Å²) in [5, 5.41) is 3.45. The topological polar surface area (TPSA) is 28.4 Å².